The molecule has 7 nitrogen and oxygen atoms in total. The number of nitrogens with one attached hydrogen (secondary N) is 1. The molecule has 2 atom stereocenters. The minimum absolute atomic E-state index is 0.0712. The first-order valence-electron chi connectivity index (χ1n) is 9.34. The SMILES string of the molecule is COCCN1C(=O)CC[C@]2(CNS(=O)(=O)c3cccc(OC)c3)CCC[C@@H]12. The van der Waals surface area contributed by atoms with Crippen LogP contribution >= 0.6 is 0 Å². The van der Waals surface area contributed by atoms with E-state index in [-0.39, 0.29) is 22.3 Å². The number of ether oxygens (including phenoxy) is 2. The Morgan fingerprint density at radius 1 is 1.30 bits per heavy atom. The van der Waals surface area contributed by atoms with Crippen LogP contribution in [0.4, 0.5) is 0 Å². The maximum Gasteiger partial charge on any atom is 0.240 e. The summed E-state index contributed by atoms with van der Waals surface area (Å²) in [7, 11) is -0.510. The number of benzene rings is 1. The number of nitrogens with zero attached hydrogens (tertiary/aromatic N) is 1. The molecule has 0 spiro atoms. The predicted molar refractivity (Wildman–Crippen MR) is 101 cm³/mol. The largest absolute Gasteiger partial charge is 0.497 e. The number of hydrogen-bond acceptors (Lipinski definition) is 5. The van der Waals surface area contributed by atoms with Gasteiger partial charge in [0.15, 0.2) is 0 Å². The van der Waals surface area contributed by atoms with Gasteiger partial charge in [-0.25, -0.2) is 13.1 Å². The van der Waals surface area contributed by atoms with Gasteiger partial charge < -0.3 is 14.4 Å². The van der Waals surface area contributed by atoms with Gasteiger partial charge in [-0.05, 0) is 31.4 Å². The fourth-order valence-electron chi connectivity index (χ4n) is 4.43. The predicted octanol–water partition coefficient (Wildman–Crippen LogP) is 1.78. The fourth-order valence-corrected chi connectivity index (χ4v) is 5.60. The van der Waals surface area contributed by atoms with Crippen LogP contribution in [0.1, 0.15) is 32.1 Å². The summed E-state index contributed by atoms with van der Waals surface area (Å²) in [4.78, 5) is 14.5. The fraction of sp³-hybridized carbons (Fsp3) is 0.632. The molecule has 1 aliphatic carbocycles. The molecule has 1 amide bonds. The van der Waals surface area contributed by atoms with Crippen molar-refractivity contribution in [2.75, 3.05) is 33.9 Å². The number of piperidine rings is 1. The van der Waals surface area contributed by atoms with Gasteiger partial charge >= 0.3 is 0 Å². The molecule has 8 heteroatoms. The molecule has 1 N–H and O–H groups in total. The Kier molecular flexibility index (Phi) is 6.08. The quantitative estimate of drug-likeness (QED) is 0.724. The van der Waals surface area contributed by atoms with E-state index in [0.29, 0.717) is 31.9 Å². The normalized spacial score (nSPS) is 25.5. The van der Waals surface area contributed by atoms with Crippen LogP contribution in [-0.2, 0) is 19.6 Å². The molecule has 2 fully saturated rings. The second kappa shape index (κ2) is 8.16. The number of carbonyl (C=O) groups excluding carboxylic acids is 1. The average Bonchev–Trinajstić information content (AvgIpc) is 3.10. The van der Waals surface area contributed by atoms with E-state index in [1.54, 1.807) is 25.3 Å². The zero-order valence-electron chi connectivity index (χ0n) is 15.9. The van der Waals surface area contributed by atoms with Crippen LogP contribution in [-0.4, -0.2) is 59.2 Å². The number of sulfonamides is 1. The molecule has 1 aliphatic heterocycles. The highest BCUT2D eigenvalue weighted by atomic mass is 32.2. The Labute approximate surface area is 161 Å². The van der Waals surface area contributed by atoms with E-state index < -0.39 is 10.0 Å². The van der Waals surface area contributed by atoms with Gasteiger partial charge in [0.1, 0.15) is 5.75 Å². The number of methoxy groups -OCH3 is 2. The van der Waals surface area contributed by atoms with E-state index >= 15 is 0 Å². The number of likely N-dealkylation sites (tertiary alicyclic amines) is 1. The zero-order valence-corrected chi connectivity index (χ0v) is 16.8. The summed E-state index contributed by atoms with van der Waals surface area (Å²) in [5.41, 5.74) is -0.201. The molecule has 1 aromatic rings. The summed E-state index contributed by atoms with van der Waals surface area (Å²) >= 11 is 0. The van der Waals surface area contributed by atoms with Gasteiger partial charge in [-0.15, -0.1) is 0 Å². The Morgan fingerprint density at radius 2 is 2.11 bits per heavy atom. The van der Waals surface area contributed by atoms with E-state index in [4.69, 9.17) is 9.47 Å². The average molecular weight is 397 g/mol. The summed E-state index contributed by atoms with van der Waals surface area (Å²) in [5, 5.41) is 0. The van der Waals surface area contributed by atoms with Gasteiger partial charge in [-0.2, -0.15) is 0 Å². The lowest BCUT2D eigenvalue weighted by molar-refractivity contribution is -0.142. The molecule has 1 saturated heterocycles. The summed E-state index contributed by atoms with van der Waals surface area (Å²) in [6, 6.07) is 6.52. The lowest BCUT2D eigenvalue weighted by atomic mass is 9.74. The monoisotopic (exact) mass is 396 g/mol. The highest BCUT2D eigenvalue weighted by molar-refractivity contribution is 7.89. The first kappa shape index (κ1) is 20.1. The van der Waals surface area contributed by atoms with Crippen LogP contribution in [0.3, 0.4) is 0 Å². The van der Waals surface area contributed by atoms with Crippen molar-refractivity contribution in [3.05, 3.63) is 24.3 Å². The number of amides is 1. The second-order valence-electron chi connectivity index (χ2n) is 7.35. The molecule has 1 saturated carbocycles. The van der Waals surface area contributed by atoms with Crippen LogP contribution in [0.5, 0.6) is 5.75 Å². The van der Waals surface area contributed by atoms with Crippen molar-refractivity contribution in [3.63, 3.8) is 0 Å². The van der Waals surface area contributed by atoms with E-state index in [0.717, 1.165) is 25.7 Å². The lowest BCUT2D eigenvalue weighted by Gasteiger charge is -2.46. The van der Waals surface area contributed by atoms with Gasteiger partial charge in [0.25, 0.3) is 0 Å². The van der Waals surface area contributed by atoms with Crippen LogP contribution in [0.2, 0.25) is 0 Å². The molecule has 0 radical (unpaired) electrons. The van der Waals surface area contributed by atoms with E-state index in [1.807, 2.05) is 4.90 Å². The summed E-state index contributed by atoms with van der Waals surface area (Å²) < 4.78 is 38.6. The van der Waals surface area contributed by atoms with Crippen LogP contribution in [0, 0.1) is 5.41 Å². The van der Waals surface area contributed by atoms with Crippen molar-refractivity contribution in [1.82, 2.24) is 9.62 Å². The van der Waals surface area contributed by atoms with Crippen LogP contribution < -0.4 is 9.46 Å². The molecule has 3 rings (SSSR count). The molecule has 2 aliphatic rings. The van der Waals surface area contributed by atoms with Crippen molar-refractivity contribution in [3.8, 4) is 5.75 Å². The van der Waals surface area contributed by atoms with Crippen molar-refractivity contribution in [1.29, 1.82) is 0 Å². The Hall–Kier alpha value is -1.64. The van der Waals surface area contributed by atoms with Crippen LogP contribution in [0.15, 0.2) is 29.2 Å². The highest BCUT2D eigenvalue weighted by Crippen LogP contribution is 2.47. The number of rotatable bonds is 8. The Morgan fingerprint density at radius 3 is 2.85 bits per heavy atom. The minimum atomic E-state index is -3.64. The van der Waals surface area contributed by atoms with E-state index in [1.165, 1.54) is 13.2 Å². The van der Waals surface area contributed by atoms with Crippen molar-refractivity contribution in [2.45, 2.75) is 43.0 Å². The summed E-state index contributed by atoms with van der Waals surface area (Å²) in [6.45, 7) is 1.40. The Bertz CT molecular complexity index is 782. The third kappa shape index (κ3) is 4.12. The van der Waals surface area contributed by atoms with Crippen LogP contribution in [0.25, 0.3) is 0 Å². The lowest BCUT2D eigenvalue weighted by Crippen LogP contribution is -2.56. The number of carbonyl (C=O) groups is 1. The molecule has 150 valence electrons. The summed E-state index contributed by atoms with van der Waals surface area (Å²) in [6.07, 6.45) is 4.02. The first-order chi connectivity index (χ1) is 12.9. The Balaban J connectivity index is 1.76. The zero-order chi connectivity index (χ0) is 19.5. The highest BCUT2D eigenvalue weighted by Gasteiger charge is 2.50. The van der Waals surface area contributed by atoms with Crippen molar-refractivity contribution in [2.24, 2.45) is 5.41 Å². The maximum atomic E-state index is 12.8. The molecular weight excluding hydrogens is 368 g/mol. The number of fused-ring (bicyclic) bond motifs is 1. The smallest absolute Gasteiger partial charge is 0.240 e. The standard InChI is InChI=1S/C19H28N2O5S/c1-25-12-11-21-17-7-4-9-19(17,10-8-18(21)22)14-20-27(23,24)16-6-3-5-15(13-16)26-2/h3,5-6,13,17,20H,4,7-12,14H2,1-2H3/t17-,19+/m1/s1. The van der Waals surface area contributed by atoms with Gasteiger partial charge in [0, 0.05) is 44.1 Å². The van der Waals surface area contributed by atoms with Crippen molar-refractivity contribution >= 4 is 15.9 Å². The van der Waals surface area contributed by atoms with Gasteiger partial charge in [0.2, 0.25) is 15.9 Å². The van der Waals surface area contributed by atoms with Gasteiger partial charge in [-0.1, -0.05) is 12.5 Å². The first-order valence-corrected chi connectivity index (χ1v) is 10.8. The van der Waals surface area contributed by atoms with Crippen molar-refractivity contribution < 1.29 is 22.7 Å². The molecule has 1 aromatic carbocycles. The molecular formula is C19H28N2O5S. The molecule has 27 heavy (non-hydrogen) atoms. The third-order valence-corrected chi connectivity index (χ3v) is 7.29. The van der Waals surface area contributed by atoms with Gasteiger partial charge in [0.05, 0.1) is 18.6 Å². The second-order valence-corrected chi connectivity index (χ2v) is 9.12. The third-order valence-electron chi connectivity index (χ3n) is 5.89. The molecule has 0 bridgehead atoms. The maximum absolute atomic E-state index is 12.8. The van der Waals surface area contributed by atoms with E-state index in [9.17, 15) is 13.2 Å². The summed E-state index contributed by atoms with van der Waals surface area (Å²) in [5.74, 6) is 0.647. The topological polar surface area (TPSA) is 84.9 Å². The number of hydrogen-bond donors (Lipinski definition) is 1. The van der Waals surface area contributed by atoms with Gasteiger partial charge in [-0.3, -0.25) is 4.79 Å². The minimum Gasteiger partial charge on any atom is -0.497 e. The molecule has 0 unspecified atom stereocenters. The van der Waals surface area contributed by atoms with E-state index in [2.05, 4.69) is 4.72 Å². The molecule has 0 aromatic heterocycles. The molecule has 1 heterocycles.